The summed E-state index contributed by atoms with van der Waals surface area (Å²) in [5.74, 6) is -1.55. The molecule has 2 aliphatic heterocycles. The zero-order valence-corrected chi connectivity index (χ0v) is 16.7. The highest BCUT2D eigenvalue weighted by atomic mass is 19.1. The summed E-state index contributed by atoms with van der Waals surface area (Å²) in [4.78, 5) is 41.0. The molecule has 4 amide bonds. The molecule has 0 saturated carbocycles. The van der Waals surface area contributed by atoms with Gasteiger partial charge in [0.25, 0.3) is 5.91 Å². The number of hydrogen-bond donors (Lipinski definition) is 2. The number of carbonyl (C=O) groups is 3. The minimum Gasteiger partial charge on any atom is -0.370 e. The van der Waals surface area contributed by atoms with Gasteiger partial charge < -0.3 is 15.5 Å². The van der Waals surface area contributed by atoms with E-state index in [0.717, 1.165) is 36.5 Å². The van der Waals surface area contributed by atoms with Gasteiger partial charge in [0.05, 0.1) is 11.4 Å². The van der Waals surface area contributed by atoms with Gasteiger partial charge in [0.15, 0.2) is 0 Å². The Kier molecular flexibility index (Phi) is 5.15. The molecule has 0 aliphatic carbocycles. The van der Waals surface area contributed by atoms with Gasteiger partial charge in [0.1, 0.15) is 17.9 Å². The predicted octanol–water partition coefficient (Wildman–Crippen LogP) is 2.83. The molecule has 2 N–H and O–H groups in total. The molecule has 2 aromatic rings. The molecule has 2 aliphatic rings. The van der Waals surface area contributed by atoms with Gasteiger partial charge in [-0.05, 0) is 43.5 Å². The van der Waals surface area contributed by atoms with Gasteiger partial charge in [-0.1, -0.05) is 30.3 Å². The van der Waals surface area contributed by atoms with Crippen molar-refractivity contribution < 1.29 is 18.8 Å². The second kappa shape index (κ2) is 7.78. The molecule has 30 heavy (non-hydrogen) atoms. The van der Waals surface area contributed by atoms with Crippen LogP contribution in [0.2, 0.25) is 0 Å². The van der Waals surface area contributed by atoms with E-state index in [1.54, 1.807) is 37.3 Å². The van der Waals surface area contributed by atoms with Gasteiger partial charge >= 0.3 is 6.03 Å². The molecule has 1 atom stereocenters. The number of imide groups is 1. The first-order valence-corrected chi connectivity index (χ1v) is 9.92. The van der Waals surface area contributed by atoms with Crippen LogP contribution in [0, 0.1) is 5.82 Å². The van der Waals surface area contributed by atoms with Gasteiger partial charge in [0.2, 0.25) is 5.91 Å². The van der Waals surface area contributed by atoms with E-state index in [2.05, 4.69) is 15.5 Å². The van der Waals surface area contributed by atoms with Crippen molar-refractivity contribution in [1.82, 2.24) is 10.2 Å². The number of halogens is 1. The van der Waals surface area contributed by atoms with Crippen molar-refractivity contribution in [2.24, 2.45) is 0 Å². The summed E-state index contributed by atoms with van der Waals surface area (Å²) < 4.78 is 13.8. The van der Waals surface area contributed by atoms with Crippen LogP contribution in [0.3, 0.4) is 0 Å². The number of benzene rings is 2. The first-order valence-electron chi connectivity index (χ1n) is 9.92. The molecule has 1 unspecified atom stereocenters. The van der Waals surface area contributed by atoms with Crippen molar-refractivity contribution in [2.45, 2.75) is 25.3 Å². The largest absolute Gasteiger partial charge is 0.370 e. The molecule has 2 heterocycles. The molecular weight excluding hydrogens is 387 g/mol. The van der Waals surface area contributed by atoms with Crippen LogP contribution in [0.25, 0.3) is 0 Å². The van der Waals surface area contributed by atoms with Crippen LogP contribution in [0.4, 0.5) is 20.6 Å². The van der Waals surface area contributed by atoms with Crippen LogP contribution in [-0.2, 0) is 15.1 Å². The smallest absolute Gasteiger partial charge is 0.325 e. The van der Waals surface area contributed by atoms with E-state index in [9.17, 15) is 18.8 Å². The quantitative estimate of drug-likeness (QED) is 0.743. The zero-order chi connectivity index (χ0) is 21.3. The van der Waals surface area contributed by atoms with E-state index < -0.39 is 35.7 Å². The SMILES string of the molecule is CC1(c2ccccc2)NC(=O)N(CC(=O)Nc2cc(F)ccc2N2CCCC2)C1=O. The fourth-order valence-corrected chi connectivity index (χ4v) is 3.98. The van der Waals surface area contributed by atoms with Crippen LogP contribution < -0.4 is 15.5 Å². The third-order valence-corrected chi connectivity index (χ3v) is 5.61. The summed E-state index contributed by atoms with van der Waals surface area (Å²) in [5, 5.41) is 5.34. The molecule has 7 nitrogen and oxygen atoms in total. The van der Waals surface area contributed by atoms with E-state index in [1.807, 2.05) is 6.07 Å². The Morgan fingerprint density at radius 3 is 2.53 bits per heavy atom. The summed E-state index contributed by atoms with van der Waals surface area (Å²) >= 11 is 0. The van der Waals surface area contributed by atoms with Gasteiger partial charge in [-0.2, -0.15) is 0 Å². The monoisotopic (exact) mass is 410 g/mol. The number of urea groups is 1. The molecule has 0 bridgehead atoms. The Hall–Kier alpha value is -3.42. The van der Waals surface area contributed by atoms with Gasteiger partial charge in [-0.15, -0.1) is 0 Å². The summed E-state index contributed by atoms with van der Waals surface area (Å²) in [6.45, 7) is 2.81. The maximum absolute atomic E-state index is 13.8. The molecule has 0 radical (unpaired) electrons. The molecular formula is C22H23FN4O3. The van der Waals surface area contributed by atoms with E-state index in [4.69, 9.17) is 0 Å². The van der Waals surface area contributed by atoms with E-state index in [0.29, 0.717) is 11.3 Å². The van der Waals surface area contributed by atoms with Gasteiger partial charge in [-0.3, -0.25) is 14.5 Å². The third-order valence-electron chi connectivity index (χ3n) is 5.61. The fraction of sp³-hybridized carbons (Fsp3) is 0.318. The van der Waals surface area contributed by atoms with Crippen molar-refractivity contribution in [2.75, 3.05) is 29.9 Å². The highest BCUT2D eigenvalue weighted by Gasteiger charge is 2.49. The Labute approximate surface area is 173 Å². The summed E-state index contributed by atoms with van der Waals surface area (Å²) in [7, 11) is 0. The van der Waals surface area contributed by atoms with E-state index in [1.165, 1.54) is 12.1 Å². The minimum atomic E-state index is -1.24. The average Bonchev–Trinajstić information content (AvgIpc) is 3.33. The standard InChI is InChI=1S/C22H23FN4O3/c1-22(15-7-3-2-4-8-15)20(29)27(21(30)25-22)14-19(28)24-17-13-16(23)9-10-18(17)26-11-5-6-12-26/h2-4,7-10,13H,5-6,11-12,14H2,1H3,(H,24,28)(H,25,30). The Morgan fingerprint density at radius 1 is 1.13 bits per heavy atom. The number of anilines is 2. The minimum absolute atomic E-state index is 0.333. The number of carbonyl (C=O) groups excluding carboxylic acids is 3. The third kappa shape index (κ3) is 3.60. The summed E-state index contributed by atoms with van der Waals surface area (Å²) in [6.07, 6.45) is 2.07. The normalized spacial score (nSPS) is 21.1. The van der Waals surface area contributed by atoms with Crippen LogP contribution in [0.5, 0.6) is 0 Å². The number of nitrogens with one attached hydrogen (secondary N) is 2. The molecule has 0 aromatic heterocycles. The first kappa shape index (κ1) is 19.9. The number of hydrogen-bond acceptors (Lipinski definition) is 4. The molecule has 0 spiro atoms. The lowest BCUT2D eigenvalue weighted by atomic mass is 9.92. The van der Waals surface area contributed by atoms with Crippen LogP contribution >= 0.6 is 0 Å². The first-order chi connectivity index (χ1) is 14.4. The highest BCUT2D eigenvalue weighted by molar-refractivity contribution is 6.10. The zero-order valence-electron chi connectivity index (χ0n) is 16.7. The molecule has 2 saturated heterocycles. The van der Waals surface area contributed by atoms with E-state index >= 15 is 0 Å². The number of nitrogens with zero attached hydrogens (tertiary/aromatic N) is 2. The maximum atomic E-state index is 13.8. The average molecular weight is 410 g/mol. The second-order valence-corrected chi connectivity index (χ2v) is 7.72. The summed E-state index contributed by atoms with van der Waals surface area (Å²) in [5.41, 5.74) is 0.458. The lowest BCUT2D eigenvalue weighted by Gasteiger charge is -2.23. The Morgan fingerprint density at radius 2 is 1.83 bits per heavy atom. The van der Waals surface area contributed by atoms with Crippen LogP contribution in [-0.4, -0.2) is 42.4 Å². The second-order valence-electron chi connectivity index (χ2n) is 7.72. The fourth-order valence-electron chi connectivity index (χ4n) is 3.98. The Bertz CT molecular complexity index is 991. The van der Waals surface area contributed by atoms with Crippen molar-refractivity contribution >= 4 is 29.2 Å². The van der Waals surface area contributed by atoms with Crippen molar-refractivity contribution in [3.8, 4) is 0 Å². The van der Waals surface area contributed by atoms with Crippen molar-refractivity contribution in [3.05, 3.63) is 59.9 Å². The summed E-state index contributed by atoms with van der Waals surface area (Å²) in [6, 6.07) is 12.5. The van der Waals surface area contributed by atoms with Crippen LogP contribution in [0.15, 0.2) is 48.5 Å². The van der Waals surface area contributed by atoms with Crippen molar-refractivity contribution in [3.63, 3.8) is 0 Å². The van der Waals surface area contributed by atoms with Gasteiger partial charge in [0, 0.05) is 13.1 Å². The number of rotatable bonds is 5. The lowest BCUT2D eigenvalue weighted by Crippen LogP contribution is -2.42. The topological polar surface area (TPSA) is 81.8 Å². The van der Waals surface area contributed by atoms with E-state index in [-0.39, 0.29) is 0 Å². The molecule has 2 aromatic carbocycles. The lowest BCUT2D eigenvalue weighted by molar-refractivity contribution is -0.133. The highest BCUT2D eigenvalue weighted by Crippen LogP contribution is 2.31. The number of amides is 4. The predicted molar refractivity (Wildman–Crippen MR) is 111 cm³/mol. The molecule has 4 rings (SSSR count). The van der Waals surface area contributed by atoms with Crippen molar-refractivity contribution in [1.29, 1.82) is 0 Å². The molecule has 2 fully saturated rings. The Balaban J connectivity index is 1.50. The molecule has 156 valence electrons. The van der Waals surface area contributed by atoms with Gasteiger partial charge in [-0.25, -0.2) is 9.18 Å². The maximum Gasteiger partial charge on any atom is 0.325 e. The molecule has 8 heteroatoms. The van der Waals surface area contributed by atoms with Crippen LogP contribution in [0.1, 0.15) is 25.3 Å².